The standard InChI is InChI=1S/C40H29N3S/c1-40(2)34-17-8-6-14-28(34)32-21-25(19-20-35(32)40)24-42-39(43-38(41)26-11-4-3-5-12-26)30-16-10-13-27-22-37-33(23-31(27)30)29-15-7-9-18-36(29)44-37/h3-24,41H,1-2H3. The number of benzene rings is 6. The predicted molar refractivity (Wildman–Crippen MR) is 188 cm³/mol. The molecule has 0 saturated heterocycles. The summed E-state index contributed by atoms with van der Waals surface area (Å²) in [5.74, 6) is 0.700. The molecule has 1 heterocycles. The molecule has 0 saturated carbocycles. The van der Waals surface area contributed by atoms with Crippen LogP contribution in [0.3, 0.4) is 0 Å². The Kier molecular flexibility index (Phi) is 6.14. The van der Waals surface area contributed by atoms with E-state index in [1.165, 1.54) is 42.4 Å². The molecule has 0 atom stereocenters. The lowest BCUT2D eigenvalue weighted by Crippen LogP contribution is -2.14. The van der Waals surface area contributed by atoms with E-state index < -0.39 is 0 Å². The molecule has 3 nitrogen and oxygen atoms in total. The Morgan fingerprint density at radius 3 is 2.32 bits per heavy atom. The van der Waals surface area contributed by atoms with E-state index in [0.717, 1.165) is 27.5 Å². The average molecular weight is 584 g/mol. The molecule has 7 aromatic rings. The van der Waals surface area contributed by atoms with E-state index in [0.29, 0.717) is 5.84 Å². The molecule has 1 aromatic heterocycles. The zero-order chi connectivity index (χ0) is 29.8. The van der Waals surface area contributed by atoms with E-state index in [9.17, 15) is 0 Å². The summed E-state index contributed by atoms with van der Waals surface area (Å²) in [6.45, 7) is 4.58. The Balaban J connectivity index is 1.28. The minimum atomic E-state index is -0.0426. The summed E-state index contributed by atoms with van der Waals surface area (Å²) in [5.41, 5.74) is 7.83. The molecule has 0 bridgehead atoms. The lowest BCUT2D eigenvalue weighted by Gasteiger charge is -2.21. The molecular formula is C40H29N3S. The van der Waals surface area contributed by atoms with Crippen LogP contribution in [0.5, 0.6) is 0 Å². The number of amidine groups is 2. The van der Waals surface area contributed by atoms with Crippen LogP contribution in [0.1, 0.15) is 41.7 Å². The van der Waals surface area contributed by atoms with Crippen LogP contribution in [0.15, 0.2) is 137 Å². The quantitative estimate of drug-likeness (QED) is 0.159. The molecule has 0 aliphatic heterocycles. The monoisotopic (exact) mass is 583 g/mol. The molecule has 0 spiro atoms. The molecule has 1 aliphatic rings. The van der Waals surface area contributed by atoms with E-state index in [2.05, 4.69) is 111 Å². The van der Waals surface area contributed by atoms with Crippen molar-refractivity contribution in [3.05, 3.63) is 155 Å². The number of hydrogen-bond donors (Lipinski definition) is 1. The van der Waals surface area contributed by atoms with Gasteiger partial charge in [-0.1, -0.05) is 117 Å². The fourth-order valence-corrected chi connectivity index (χ4v) is 7.71. The molecule has 44 heavy (non-hydrogen) atoms. The molecule has 0 amide bonds. The topological polar surface area (TPSA) is 48.6 Å². The van der Waals surface area contributed by atoms with Crippen molar-refractivity contribution < 1.29 is 0 Å². The number of thiophene rings is 1. The third-order valence-corrected chi connectivity index (χ3v) is 9.96. The maximum absolute atomic E-state index is 8.88. The van der Waals surface area contributed by atoms with Gasteiger partial charge < -0.3 is 0 Å². The Morgan fingerprint density at radius 2 is 1.43 bits per heavy atom. The van der Waals surface area contributed by atoms with Gasteiger partial charge in [-0.05, 0) is 62.9 Å². The van der Waals surface area contributed by atoms with Gasteiger partial charge in [-0.3, -0.25) is 5.41 Å². The number of nitrogens with zero attached hydrogens (tertiary/aromatic N) is 2. The van der Waals surface area contributed by atoms with E-state index >= 15 is 0 Å². The zero-order valence-corrected chi connectivity index (χ0v) is 25.3. The molecule has 8 rings (SSSR count). The summed E-state index contributed by atoms with van der Waals surface area (Å²) in [6.07, 6.45) is 1.89. The average Bonchev–Trinajstić information content (AvgIpc) is 3.53. The van der Waals surface area contributed by atoms with Crippen molar-refractivity contribution in [2.24, 2.45) is 9.98 Å². The van der Waals surface area contributed by atoms with Crippen LogP contribution < -0.4 is 0 Å². The summed E-state index contributed by atoms with van der Waals surface area (Å²) in [7, 11) is 0. The lowest BCUT2D eigenvalue weighted by atomic mass is 9.82. The second kappa shape index (κ2) is 10.2. The Bertz CT molecular complexity index is 2320. The smallest absolute Gasteiger partial charge is 0.162 e. The van der Waals surface area contributed by atoms with Gasteiger partial charge in [0.2, 0.25) is 0 Å². The third-order valence-electron chi connectivity index (χ3n) is 8.83. The van der Waals surface area contributed by atoms with Crippen LogP contribution in [0.25, 0.3) is 42.1 Å². The molecule has 1 aliphatic carbocycles. The number of fused-ring (bicyclic) bond motifs is 7. The van der Waals surface area contributed by atoms with Crippen LogP contribution >= 0.6 is 11.3 Å². The SMILES string of the molecule is CC1(C)c2ccccc2-c2cc(C=NC(=NC(=N)c3ccccc3)c3cccc4cc5sc6ccccc6c5cc34)ccc21. The fraction of sp³-hybridized carbons (Fsp3) is 0.0750. The van der Waals surface area contributed by atoms with Gasteiger partial charge in [-0.25, -0.2) is 9.98 Å². The predicted octanol–water partition coefficient (Wildman–Crippen LogP) is 10.4. The van der Waals surface area contributed by atoms with Gasteiger partial charge >= 0.3 is 0 Å². The summed E-state index contributed by atoms with van der Waals surface area (Å²) in [4.78, 5) is 9.86. The van der Waals surface area contributed by atoms with Crippen molar-refractivity contribution in [3.8, 4) is 11.1 Å². The minimum absolute atomic E-state index is 0.0426. The van der Waals surface area contributed by atoms with E-state index in [4.69, 9.17) is 15.4 Å². The summed E-state index contributed by atoms with van der Waals surface area (Å²) >= 11 is 1.82. The maximum Gasteiger partial charge on any atom is 0.162 e. The Morgan fingerprint density at radius 1 is 0.659 bits per heavy atom. The van der Waals surface area contributed by atoms with Crippen LogP contribution in [0, 0.1) is 5.41 Å². The van der Waals surface area contributed by atoms with Gasteiger partial charge in [-0.15, -0.1) is 11.3 Å². The maximum atomic E-state index is 8.88. The first-order valence-corrected chi connectivity index (χ1v) is 15.6. The van der Waals surface area contributed by atoms with Gasteiger partial charge in [0.05, 0.1) is 0 Å². The second-order valence-corrected chi connectivity index (χ2v) is 12.9. The van der Waals surface area contributed by atoms with Gasteiger partial charge in [0.15, 0.2) is 11.7 Å². The number of nitrogens with one attached hydrogen (secondary N) is 1. The molecule has 210 valence electrons. The molecule has 4 heteroatoms. The van der Waals surface area contributed by atoms with E-state index in [1.807, 2.05) is 47.9 Å². The number of hydrogen-bond acceptors (Lipinski definition) is 2. The molecule has 0 radical (unpaired) electrons. The minimum Gasteiger partial charge on any atom is -0.282 e. The molecule has 0 fully saturated rings. The number of rotatable bonds is 3. The summed E-state index contributed by atoms with van der Waals surface area (Å²) in [6, 6.07) is 44.3. The summed E-state index contributed by atoms with van der Waals surface area (Å²) in [5, 5.41) is 13.6. The Labute approximate surface area is 260 Å². The number of aliphatic imine (C=N–C) groups is 2. The van der Waals surface area contributed by atoms with Crippen LogP contribution in [0.4, 0.5) is 0 Å². The normalized spacial score (nSPS) is 14.0. The van der Waals surface area contributed by atoms with E-state index in [1.54, 1.807) is 0 Å². The fourth-order valence-electron chi connectivity index (χ4n) is 6.57. The van der Waals surface area contributed by atoms with Crippen molar-refractivity contribution in [2.75, 3.05) is 0 Å². The highest BCUT2D eigenvalue weighted by Crippen LogP contribution is 2.48. The molecular weight excluding hydrogens is 555 g/mol. The third kappa shape index (κ3) is 4.30. The van der Waals surface area contributed by atoms with Crippen molar-refractivity contribution in [1.82, 2.24) is 0 Å². The highest BCUT2D eigenvalue weighted by atomic mass is 32.1. The van der Waals surface area contributed by atoms with Crippen molar-refractivity contribution in [1.29, 1.82) is 5.41 Å². The highest BCUT2D eigenvalue weighted by Gasteiger charge is 2.34. The van der Waals surface area contributed by atoms with Crippen LogP contribution in [0.2, 0.25) is 0 Å². The first-order chi connectivity index (χ1) is 21.5. The Hall–Kier alpha value is -5.19. The van der Waals surface area contributed by atoms with Crippen molar-refractivity contribution in [2.45, 2.75) is 19.3 Å². The molecule has 6 aromatic carbocycles. The van der Waals surface area contributed by atoms with Crippen LogP contribution in [-0.2, 0) is 5.41 Å². The van der Waals surface area contributed by atoms with E-state index in [-0.39, 0.29) is 11.3 Å². The highest BCUT2D eigenvalue weighted by molar-refractivity contribution is 7.25. The van der Waals surface area contributed by atoms with Gasteiger partial charge in [0.25, 0.3) is 0 Å². The second-order valence-electron chi connectivity index (χ2n) is 11.9. The first kappa shape index (κ1) is 26.4. The van der Waals surface area contributed by atoms with Gasteiger partial charge in [0.1, 0.15) is 0 Å². The zero-order valence-electron chi connectivity index (χ0n) is 24.5. The first-order valence-electron chi connectivity index (χ1n) is 14.8. The van der Waals surface area contributed by atoms with Gasteiger partial charge in [0, 0.05) is 42.9 Å². The molecule has 1 N–H and O–H groups in total. The van der Waals surface area contributed by atoms with Gasteiger partial charge in [-0.2, -0.15) is 0 Å². The lowest BCUT2D eigenvalue weighted by molar-refractivity contribution is 0.660. The summed E-state index contributed by atoms with van der Waals surface area (Å²) < 4.78 is 2.54. The van der Waals surface area contributed by atoms with Crippen LogP contribution in [-0.4, -0.2) is 17.9 Å². The van der Waals surface area contributed by atoms with Crippen molar-refractivity contribution in [3.63, 3.8) is 0 Å². The molecule has 0 unspecified atom stereocenters. The van der Waals surface area contributed by atoms with Crippen molar-refractivity contribution >= 4 is 60.2 Å². The largest absolute Gasteiger partial charge is 0.282 e.